The Labute approximate surface area is 118 Å². The van der Waals surface area contributed by atoms with Gasteiger partial charge < -0.3 is 14.9 Å². The van der Waals surface area contributed by atoms with Crippen LogP contribution in [0.15, 0.2) is 0 Å². The molecule has 0 aromatic rings. The van der Waals surface area contributed by atoms with Crippen LogP contribution in [0.25, 0.3) is 0 Å². The quantitative estimate of drug-likeness (QED) is 0.797. The second kappa shape index (κ2) is 6.03. The lowest BCUT2D eigenvalue weighted by molar-refractivity contribution is -0.145. The number of nitrogens with zero attached hydrogens (tertiary/aromatic N) is 2. The van der Waals surface area contributed by atoms with Gasteiger partial charge in [0, 0.05) is 30.6 Å². The number of likely N-dealkylation sites (tertiary alicyclic amines) is 1. The number of amides is 2. The van der Waals surface area contributed by atoms with E-state index >= 15 is 0 Å². The normalized spacial score (nSPS) is 32.2. The molecule has 0 aromatic carbocycles. The van der Waals surface area contributed by atoms with Crippen molar-refractivity contribution in [1.82, 2.24) is 9.80 Å². The number of carboxylic acids is 1. The first-order valence-corrected chi connectivity index (χ1v) is 7.95. The standard InChI is InChI=1S/C13H22N2O3S/c1-9-4-3-5-15(11(9)12(16)17)13(18)14-6-7-19-10(2)8-14/h9-11H,3-8H2,1-2H3,(H,16,17). The van der Waals surface area contributed by atoms with Gasteiger partial charge in [-0.3, -0.25) is 0 Å². The van der Waals surface area contributed by atoms with Crippen molar-refractivity contribution in [3.63, 3.8) is 0 Å². The molecule has 3 unspecified atom stereocenters. The summed E-state index contributed by atoms with van der Waals surface area (Å²) in [6, 6.07) is -0.753. The molecule has 2 fully saturated rings. The van der Waals surface area contributed by atoms with Crippen LogP contribution in [-0.2, 0) is 4.79 Å². The summed E-state index contributed by atoms with van der Waals surface area (Å²) < 4.78 is 0. The van der Waals surface area contributed by atoms with Gasteiger partial charge in [0.25, 0.3) is 0 Å². The number of thioether (sulfide) groups is 1. The van der Waals surface area contributed by atoms with E-state index in [1.807, 2.05) is 23.6 Å². The number of carboxylic acid groups (broad SMARTS) is 1. The van der Waals surface area contributed by atoms with Crippen LogP contribution >= 0.6 is 11.8 Å². The van der Waals surface area contributed by atoms with Crippen molar-refractivity contribution in [1.29, 1.82) is 0 Å². The fourth-order valence-corrected chi connectivity index (χ4v) is 3.97. The highest BCUT2D eigenvalue weighted by atomic mass is 32.2. The van der Waals surface area contributed by atoms with E-state index in [2.05, 4.69) is 6.92 Å². The Hall–Kier alpha value is -0.910. The van der Waals surface area contributed by atoms with Crippen molar-refractivity contribution in [2.24, 2.45) is 5.92 Å². The Balaban J connectivity index is 2.09. The van der Waals surface area contributed by atoms with E-state index < -0.39 is 12.0 Å². The molecule has 2 rings (SSSR count). The fraction of sp³-hybridized carbons (Fsp3) is 0.846. The molecule has 108 valence electrons. The summed E-state index contributed by atoms with van der Waals surface area (Å²) in [4.78, 5) is 27.3. The molecule has 1 N–H and O–H groups in total. The van der Waals surface area contributed by atoms with E-state index in [-0.39, 0.29) is 11.9 Å². The van der Waals surface area contributed by atoms with Crippen LogP contribution in [0.5, 0.6) is 0 Å². The number of carbonyl (C=O) groups excluding carboxylic acids is 1. The number of rotatable bonds is 1. The van der Waals surface area contributed by atoms with E-state index in [1.54, 1.807) is 4.90 Å². The van der Waals surface area contributed by atoms with Crippen LogP contribution in [0, 0.1) is 5.92 Å². The molecule has 19 heavy (non-hydrogen) atoms. The topological polar surface area (TPSA) is 60.9 Å². The second-order valence-corrected chi connectivity index (χ2v) is 7.05. The maximum Gasteiger partial charge on any atom is 0.326 e. The molecule has 0 bridgehead atoms. The number of carbonyl (C=O) groups is 2. The summed E-state index contributed by atoms with van der Waals surface area (Å²) in [6.45, 7) is 6.05. The van der Waals surface area contributed by atoms with Crippen molar-refractivity contribution in [2.75, 3.05) is 25.4 Å². The Morgan fingerprint density at radius 3 is 2.63 bits per heavy atom. The molecule has 0 aliphatic carbocycles. The van der Waals surface area contributed by atoms with Gasteiger partial charge in [-0.15, -0.1) is 0 Å². The molecular formula is C13H22N2O3S. The number of urea groups is 1. The van der Waals surface area contributed by atoms with Crippen LogP contribution < -0.4 is 0 Å². The zero-order valence-electron chi connectivity index (χ0n) is 11.5. The largest absolute Gasteiger partial charge is 0.480 e. The van der Waals surface area contributed by atoms with Gasteiger partial charge >= 0.3 is 12.0 Å². The number of aliphatic carboxylic acids is 1. The molecule has 3 atom stereocenters. The Morgan fingerprint density at radius 2 is 2.00 bits per heavy atom. The third-order valence-corrected chi connectivity index (χ3v) is 5.08. The summed E-state index contributed by atoms with van der Waals surface area (Å²) in [6.07, 6.45) is 1.78. The zero-order chi connectivity index (χ0) is 14.0. The monoisotopic (exact) mass is 286 g/mol. The summed E-state index contributed by atoms with van der Waals surface area (Å²) >= 11 is 1.86. The van der Waals surface area contributed by atoms with Crippen molar-refractivity contribution >= 4 is 23.8 Å². The number of hydrogen-bond donors (Lipinski definition) is 1. The highest BCUT2D eigenvalue weighted by molar-refractivity contribution is 7.99. The molecule has 2 amide bonds. The molecule has 2 aliphatic rings. The van der Waals surface area contributed by atoms with E-state index in [0.29, 0.717) is 11.8 Å². The maximum atomic E-state index is 12.5. The second-order valence-electron chi connectivity index (χ2n) is 5.51. The number of piperidine rings is 1. The first-order chi connectivity index (χ1) is 9.00. The lowest BCUT2D eigenvalue weighted by atomic mass is 9.91. The van der Waals surface area contributed by atoms with E-state index in [0.717, 1.165) is 31.7 Å². The average Bonchev–Trinajstić information content (AvgIpc) is 2.37. The van der Waals surface area contributed by atoms with Crippen molar-refractivity contribution in [2.45, 2.75) is 38.0 Å². The highest BCUT2D eigenvalue weighted by Gasteiger charge is 2.39. The summed E-state index contributed by atoms with van der Waals surface area (Å²) in [5.74, 6) is 0.0976. The molecule has 0 spiro atoms. The Morgan fingerprint density at radius 1 is 1.26 bits per heavy atom. The Bertz CT molecular complexity index is 364. The molecule has 2 heterocycles. The third-order valence-electron chi connectivity index (χ3n) is 3.94. The lowest BCUT2D eigenvalue weighted by Crippen LogP contribution is -2.57. The smallest absolute Gasteiger partial charge is 0.326 e. The first kappa shape index (κ1) is 14.5. The van der Waals surface area contributed by atoms with Gasteiger partial charge in [0.05, 0.1) is 0 Å². The van der Waals surface area contributed by atoms with Crippen LogP contribution in [0.2, 0.25) is 0 Å². The van der Waals surface area contributed by atoms with E-state index in [1.165, 1.54) is 0 Å². The van der Waals surface area contributed by atoms with Crippen molar-refractivity contribution in [3.05, 3.63) is 0 Å². The van der Waals surface area contributed by atoms with Gasteiger partial charge in [-0.05, 0) is 18.8 Å². The SMILES string of the molecule is CC1CN(C(=O)N2CCCC(C)C2C(=O)O)CCS1. The predicted molar refractivity (Wildman–Crippen MR) is 75.4 cm³/mol. The third kappa shape index (κ3) is 3.16. The highest BCUT2D eigenvalue weighted by Crippen LogP contribution is 2.26. The molecule has 2 aliphatic heterocycles. The molecule has 6 heteroatoms. The molecule has 0 aromatic heterocycles. The fourth-order valence-electron chi connectivity index (χ4n) is 2.95. The summed E-state index contributed by atoms with van der Waals surface area (Å²) in [5, 5.41) is 9.80. The molecular weight excluding hydrogens is 264 g/mol. The molecule has 0 radical (unpaired) electrons. The van der Waals surface area contributed by atoms with Gasteiger partial charge in [0.15, 0.2) is 0 Å². The summed E-state index contributed by atoms with van der Waals surface area (Å²) in [7, 11) is 0. The van der Waals surface area contributed by atoms with Crippen molar-refractivity contribution in [3.8, 4) is 0 Å². The minimum Gasteiger partial charge on any atom is -0.480 e. The van der Waals surface area contributed by atoms with E-state index in [9.17, 15) is 14.7 Å². The lowest BCUT2D eigenvalue weighted by Gasteiger charge is -2.41. The average molecular weight is 286 g/mol. The summed E-state index contributed by atoms with van der Waals surface area (Å²) in [5.41, 5.74) is 0. The molecule has 0 saturated carbocycles. The Kier molecular flexibility index (Phi) is 4.60. The van der Waals surface area contributed by atoms with E-state index in [4.69, 9.17) is 0 Å². The van der Waals surface area contributed by atoms with Gasteiger partial charge in [0.2, 0.25) is 0 Å². The van der Waals surface area contributed by atoms with Crippen LogP contribution in [0.1, 0.15) is 26.7 Å². The van der Waals surface area contributed by atoms with Gasteiger partial charge in [-0.25, -0.2) is 9.59 Å². The predicted octanol–water partition coefficient (Wildman–Crippen LogP) is 1.73. The number of hydrogen-bond acceptors (Lipinski definition) is 3. The van der Waals surface area contributed by atoms with Crippen LogP contribution in [0.3, 0.4) is 0 Å². The molecule has 2 saturated heterocycles. The van der Waals surface area contributed by atoms with Gasteiger partial charge in [0.1, 0.15) is 6.04 Å². The van der Waals surface area contributed by atoms with Crippen molar-refractivity contribution < 1.29 is 14.7 Å². The van der Waals surface area contributed by atoms with Gasteiger partial charge in [-0.1, -0.05) is 13.8 Å². The van der Waals surface area contributed by atoms with Crippen LogP contribution in [0.4, 0.5) is 4.79 Å². The molecule has 5 nitrogen and oxygen atoms in total. The van der Waals surface area contributed by atoms with Crippen LogP contribution in [-0.4, -0.2) is 63.6 Å². The van der Waals surface area contributed by atoms with Gasteiger partial charge in [-0.2, -0.15) is 11.8 Å². The minimum atomic E-state index is -0.875. The minimum absolute atomic E-state index is 0.0341. The first-order valence-electron chi connectivity index (χ1n) is 6.90. The zero-order valence-corrected chi connectivity index (χ0v) is 12.4. The maximum absolute atomic E-state index is 12.5.